The summed E-state index contributed by atoms with van der Waals surface area (Å²) in [5.74, 6) is 0.0603. The summed E-state index contributed by atoms with van der Waals surface area (Å²) in [6, 6.07) is 10.4. The number of carbonyl (C=O) groups excluding carboxylic acids is 1. The Kier molecular flexibility index (Phi) is 3.07. The Bertz CT molecular complexity index is 841. The molecule has 0 radical (unpaired) electrons. The summed E-state index contributed by atoms with van der Waals surface area (Å²) in [5, 5.41) is 3.24. The lowest BCUT2D eigenvalue weighted by Crippen LogP contribution is -2.58. The molecule has 0 bridgehead atoms. The number of pyridine rings is 1. The quantitative estimate of drug-likeness (QED) is 0.925. The third kappa shape index (κ3) is 1.92. The first kappa shape index (κ1) is 14.9. The highest BCUT2D eigenvalue weighted by Crippen LogP contribution is 2.53. The molecule has 1 N–H and O–H groups in total. The Balaban J connectivity index is 1.86. The highest BCUT2D eigenvalue weighted by atomic mass is 16.2. The van der Waals surface area contributed by atoms with E-state index in [4.69, 9.17) is 0 Å². The first-order valence-corrected chi connectivity index (χ1v) is 8.23. The molecule has 24 heavy (non-hydrogen) atoms. The lowest BCUT2D eigenvalue weighted by Gasteiger charge is -2.40. The number of aryl methyl sites for hydroxylation is 1. The van der Waals surface area contributed by atoms with Crippen molar-refractivity contribution >= 4 is 17.7 Å². The van der Waals surface area contributed by atoms with Gasteiger partial charge in [0.2, 0.25) is 5.91 Å². The van der Waals surface area contributed by atoms with Gasteiger partial charge >= 0.3 is 0 Å². The second kappa shape index (κ2) is 4.94. The van der Waals surface area contributed by atoms with E-state index < -0.39 is 5.66 Å². The molecule has 1 aromatic carbocycles. The molecule has 0 saturated carbocycles. The van der Waals surface area contributed by atoms with Gasteiger partial charge in [-0.25, -0.2) is 0 Å². The van der Waals surface area contributed by atoms with Crippen molar-refractivity contribution < 1.29 is 4.79 Å². The molecule has 1 atom stereocenters. The highest BCUT2D eigenvalue weighted by molar-refractivity contribution is 5.91. The Labute approximate surface area is 142 Å². The molecule has 4 rings (SSSR count). The number of fused-ring (bicyclic) bond motifs is 3. The van der Waals surface area contributed by atoms with Crippen molar-refractivity contribution in [3.8, 4) is 0 Å². The predicted octanol–water partition coefficient (Wildman–Crippen LogP) is 3.03. The van der Waals surface area contributed by atoms with Crippen molar-refractivity contribution in [3.63, 3.8) is 0 Å². The standard InChI is InChI=1S/C20H21N3O/c1-14-6-7-17-16(11-14)19(2,3)20(22-18(24)13-23(17)20)9-8-15-5-4-10-21-12-15/h4-12H,13H2,1-3H3,(H,22,24)/b9-8+/t20-/m1/s1. The molecule has 0 spiro atoms. The Morgan fingerprint density at radius 3 is 2.88 bits per heavy atom. The van der Waals surface area contributed by atoms with Crippen LogP contribution in [0.4, 0.5) is 5.69 Å². The topological polar surface area (TPSA) is 45.2 Å². The van der Waals surface area contributed by atoms with Crippen LogP contribution in [-0.2, 0) is 10.2 Å². The number of nitrogens with zero attached hydrogens (tertiary/aromatic N) is 2. The van der Waals surface area contributed by atoms with Gasteiger partial charge in [-0.2, -0.15) is 0 Å². The van der Waals surface area contributed by atoms with Gasteiger partial charge in [0, 0.05) is 23.5 Å². The fraction of sp³-hybridized carbons (Fsp3) is 0.300. The molecule has 0 unspecified atom stereocenters. The molecular formula is C20H21N3O. The summed E-state index contributed by atoms with van der Waals surface area (Å²) in [6.45, 7) is 6.89. The molecule has 2 aliphatic heterocycles. The minimum atomic E-state index is -0.546. The van der Waals surface area contributed by atoms with Gasteiger partial charge in [-0.1, -0.05) is 43.7 Å². The average molecular weight is 319 g/mol. The molecular weight excluding hydrogens is 298 g/mol. The number of hydrogen-bond donors (Lipinski definition) is 1. The summed E-state index contributed by atoms with van der Waals surface area (Å²) in [4.78, 5) is 18.6. The van der Waals surface area contributed by atoms with E-state index >= 15 is 0 Å². The van der Waals surface area contributed by atoms with Crippen LogP contribution >= 0.6 is 0 Å². The molecule has 1 amide bonds. The first-order chi connectivity index (χ1) is 11.4. The summed E-state index contributed by atoms with van der Waals surface area (Å²) in [6.07, 6.45) is 7.75. The fourth-order valence-corrected chi connectivity index (χ4v) is 3.98. The summed E-state index contributed by atoms with van der Waals surface area (Å²) in [5.41, 5.74) is 3.89. The van der Waals surface area contributed by atoms with Crippen LogP contribution in [-0.4, -0.2) is 23.1 Å². The van der Waals surface area contributed by atoms with E-state index in [9.17, 15) is 4.79 Å². The monoisotopic (exact) mass is 319 g/mol. The van der Waals surface area contributed by atoms with Gasteiger partial charge in [0.15, 0.2) is 0 Å². The number of benzene rings is 1. The van der Waals surface area contributed by atoms with Crippen molar-refractivity contribution in [1.29, 1.82) is 0 Å². The lowest BCUT2D eigenvalue weighted by molar-refractivity contribution is -0.118. The zero-order valence-electron chi connectivity index (χ0n) is 14.2. The van der Waals surface area contributed by atoms with Crippen LogP contribution in [0.1, 0.15) is 30.5 Å². The predicted molar refractivity (Wildman–Crippen MR) is 95.7 cm³/mol. The first-order valence-electron chi connectivity index (χ1n) is 8.23. The number of rotatable bonds is 2. The van der Waals surface area contributed by atoms with Crippen molar-refractivity contribution in [2.24, 2.45) is 0 Å². The summed E-state index contributed by atoms with van der Waals surface area (Å²) in [7, 11) is 0. The molecule has 4 nitrogen and oxygen atoms in total. The third-order valence-electron chi connectivity index (χ3n) is 5.33. The van der Waals surface area contributed by atoms with Gasteiger partial charge in [0.1, 0.15) is 5.66 Å². The van der Waals surface area contributed by atoms with E-state index in [0.717, 1.165) is 11.3 Å². The fourth-order valence-electron chi connectivity index (χ4n) is 3.98. The zero-order valence-corrected chi connectivity index (χ0v) is 14.2. The van der Waals surface area contributed by atoms with Crippen molar-refractivity contribution in [1.82, 2.24) is 10.3 Å². The van der Waals surface area contributed by atoms with E-state index in [1.54, 1.807) is 6.20 Å². The van der Waals surface area contributed by atoms with E-state index in [1.807, 2.05) is 24.4 Å². The van der Waals surface area contributed by atoms with Crippen LogP contribution < -0.4 is 10.2 Å². The number of anilines is 1. The second-order valence-corrected chi connectivity index (χ2v) is 7.17. The molecule has 3 heterocycles. The number of nitrogens with one attached hydrogen (secondary N) is 1. The third-order valence-corrected chi connectivity index (χ3v) is 5.33. The van der Waals surface area contributed by atoms with Crippen LogP contribution in [0.2, 0.25) is 0 Å². The minimum Gasteiger partial charge on any atom is -0.335 e. The maximum absolute atomic E-state index is 12.2. The molecule has 2 aliphatic rings. The minimum absolute atomic E-state index is 0.0603. The smallest absolute Gasteiger partial charge is 0.241 e. The molecule has 2 aromatic rings. The number of aromatic nitrogens is 1. The van der Waals surface area contributed by atoms with Gasteiger partial charge in [-0.15, -0.1) is 0 Å². The largest absolute Gasteiger partial charge is 0.335 e. The highest BCUT2D eigenvalue weighted by Gasteiger charge is 2.59. The maximum Gasteiger partial charge on any atom is 0.241 e. The number of carbonyl (C=O) groups is 1. The molecule has 122 valence electrons. The molecule has 1 aromatic heterocycles. The van der Waals surface area contributed by atoms with Crippen molar-refractivity contribution in [2.75, 3.05) is 11.4 Å². The Hall–Kier alpha value is -2.62. The number of amides is 1. The van der Waals surface area contributed by atoms with Gasteiger partial charge in [-0.05, 0) is 36.3 Å². The average Bonchev–Trinajstić information content (AvgIpc) is 2.98. The van der Waals surface area contributed by atoms with E-state index in [-0.39, 0.29) is 11.3 Å². The molecule has 0 aliphatic carbocycles. The van der Waals surface area contributed by atoms with Gasteiger partial charge in [0.25, 0.3) is 0 Å². The van der Waals surface area contributed by atoms with E-state index in [0.29, 0.717) is 6.54 Å². The number of hydrogen-bond acceptors (Lipinski definition) is 3. The van der Waals surface area contributed by atoms with Crippen molar-refractivity contribution in [2.45, 2.75) is 31.8 Å². The van der Waals surface area contributed by atoms with Crippen LogP contribution in [0.3, 0.4) is 0 Å². The second-order valence-electron chi connectivity index (χ2n) is 7.17. The Morgan fingerprint density at radius 2 is 2.12 bits per heavy atom. The van der Waals surface area contributed by atoms with E-state index in [1.165, 1.54) is 11.1 Å². The van der Waals surface area contributed by atoms with Crippen LogP contribution in [0.25, 0.3) is 6.08 Å². The van der Waals surface area contributed by atoms with Gasteiger partial charge < -0.3 is 10.2 Å². The van der Waals surface area contributed by atoms with Crippen LogP contribution in [0, 0.1) is 6.92 Å². The van der Waals surface area contributed by atoms with Crippen LogP contribution in [0.15, 0.2) is 48.8 Å². The molecule has 4 heteroatoms. The molecule has 1 fully saturated rings. The lowest BCUT2D eigenvalue weighted by atomic mass is 9.75. The van der Waals surface area contributed by atoms with Crippen LogP contribution in [0.5, 0.6) is 0 Å². The summed E-state index contributed by atoms with van der Waals surface area (Å²) >= 11 is 0. The van der Waals surface area contributed by atoms with Gasteiger partial charge in [-0.3, -0.25) is 9.78 Å². The maximum atomic E-state index is 12.2. The SMILES string of the molecule is Cc1ccc2c(c1)C(C)(C)[C@]1(/C=C/c3cccnc3)NC(=O)CN21. The van der Waals surface area contributed by atoms with E-state index in [2.05, 4.69) is 60.2 Å². The zero-order chi connectivity index (χ0) is 16.9. The Morgan fingerprint density at radius 1 is 1.29 bits per heavy atom. The molecule has 1 saturated heterocycles. The normalized spacial score (nSPS) is 24.1. The van der Waals surface area contributed by atoms with Crippen molar-refractivity contribution in [3.05, 3.63) is 65.5 Å². The van der Waals surface area contributed by atoms with Gasteiger partial charge in [0.05, 0.1) is 6.54 Å². The summed E-state index contributed by atoms with van der Waals surface area (Å²) < 4.78 is 0.